The lowest BCUT2D eigenvalue weighted by Crippen LogP contribution is -2.31. The first-order valence-corrected chi connectivity index (χ1v) is 5.62. The van der Waals surface area contributed by atoms with Gasteiger partial charge in [-0.2, -0.15) is 0 Å². The van der Waals surface area contributed by atoms with Crippen molar-refractivity contribution < 1.29 is 0 Å². The maximum Gasteiger partial charge on any atom is 0.293 e. The third-order valence-corrected chi connectivity index (χ3v) is 2.36. The Labute approximate surface area is 95.7 Å². The molecule has 0 aliphatic carbocycles. The third kappa shape index (κ3) is 3.34. The summed E-state index contributed by atoms with van der Waals surface area (Å²) >= 11 is 0. The van der Waals surface area contributed by atoms with Crippen LogP contribution in [-0.2, 0) is 6.54 Å². The van der Waals surface area contributed by atoms with Gasteiger partial charge in [0, 0.05) is 31.0 Å². The lowest BCUT2D eigenvalue weighted by Gasteiger charge is -2.16. The molecule has 3 N–H and O–H groups in total. The summed E-state index contributed by atoms with van der Waals surface area (Å²) in [6.07, 6.45) is 4.12. The van der Waals surface area contributed by atoms with Crippen LogP contribution < -0.4 is 16.6 Å². The molecule has 1 aromatic heterocycles. The summed E-state index contributed by atoms with van der Waals surface area (Å²) in [5.74, 6) is 0.400. The number of nitrogens with two attached hydrogens (primary N) is 1. The number of hydrogen-bond acceptors (Lipinski definition) is 4. The summed E-state index contributed by atoms with van der Waals surface area (Å²) < 4.78 is 1.62. The Morgan fingerprint density at radius 2 is 2.25 bits per heavy atom. The Morgan fingerprint density at radius 3 is 2.81 bits per heavy atom. The van der Waals surface area contributed by atoms with Crippen LogP contribution in [0.4, 0.5) is 5.82 Å². The molecule has 0 saturated carbocycles. The molecule has 1 heterocycles. The summed E-state index contributed by atoms with van der Waals surface area (Å²) in [5.41, 5.74) is 5.62. The molecule has 1 rings (SSSR count). The van der Waals surface area contributed by atoms with Gasteiger partial charge in [-0.05, 0) is 27.2 Å². The fourth-order valence-corrected chi connectivity index (χ4v) is 1.65. The molecule has 0 fully saturated rings. The van der Waals surface area contributed by atoms with Gasteiger partial charge in [0.2, 0.25) is 0 Å². The molecule has 5 nitrogen and oxygen atoms in total. The molecule has 90 valence electrons. The van der Waals surface area contributed by atoms with Crippen LogP contribution in [0.5, 0.6) is 0 Å². The fraction of sp³-hybridized carbons (Fsp3) is 0.636. The first kappa shape index (κ1) is 12.7. The maximum atomic E-state index is 11.8. The minimum atomic E-state index is -0.0819. The highest BCUT2D eigenvalue weighted by atomic mass is 16.1. The largest absolute Gasteiger partial charge is 0.363 e. The molecule has 0 spiro atoms. The van der Waals surface area contributed by atoms with Gasteiger partial charge in [0.05, 0.1) is 0 Å². The minimum absolute atomic E-state index is 0.0819. The molecule has 0 amide bonds. The van der Waals surface area contributed by atoms with Gasteiger partial charge in [0.25, 0.3) is 5.56 Å². The van der Waals surface area contributed by atoms with Crippen LogP contribution in [-0.4, -0.2) is 21.6 Å². The van der Waals surface area contributed by atoms with E-state index in [-0.39, 0.29) is 17.6 Å². The number of rotatable bonds is 5. The van der Waals surface area contributed by atoms with Gasteiger partial charge in [-0.15, -0.1) is 0 Å². The lowest BCUT2D eigenvalue weighted by molar-refractivity contribution is 0.600. The summed E-state index contributed by atoms with van der Waals surface area (Å²) in [6, 6.07) is 0.257. The van der Waals surface area contributed by atoms with Crippen molar-refractivity contribution in [1.29, 1.82) is 0 Å². The Balaban J connectivity index is 2.78. The topological polar surface area (TPSA) is 72.9 Å². The normalized spacial score (nSPS) is 14.5. The summed E-state index contributed by atoms with van der Waals surface area (Å²) in [7, 11) is 0. The van der Waals surface area contributed by atoms with Crippen molar-refractivity contribution in [2.45, 2.75) is 45.8 Å². The number of nitrogens with one attached hydrogen (secondary N) is 1. The van der Waals surface area contributed by atoms with Gasteiger partial charge in [0.1, 0.15) is 0 Å². The van der Waals surface area contributed by atoms with Crippen molar-refractivity contribution in [3.63, 3.8) is 0 Å². The highest BCUT2D eigenvalue weighted by molar-refractivity contribution is 5.31. The van der Waals surface area contributed by atoms with Crippen LogP contribution in [0.1, 0.15) is 27.2 Å². The summed E-state index contributed by atoms with van der Waals surface area (Å²) in [5, 5.41) is 3.09. The van der Waals surface area contributed by atoms with Crippen LogP contribution in [0.2, 0.25) is 0 Å². The molecule has 0 aromatic carbocycles. The van der Waals surface area contributed by atoms with E-state index >= 15 is 0 Å². The average Bonchev–Trinajstić information content (AvgIpc) is 2.20. The molecular formula is C11H20N4O. The highest BCUT2D eigenvalue weighted by Crippen LogP contribution is 2.02. The first-order valence-electron chi connectivity index (χ1n) is 5.62. The van der Waals surface area contributed by atoms with Crippen LogP contribution in [0.25, 0.3) is 0 Å². The monoisotopic (exact) mass is 224 g/mol. The molecule has 2 atom stereocenters. The number of anilines is 1. The Kier molecular flexibility index (Phi) is 4.49. The van der Waals surface area contributed by atoms with E-state index in [2.05, 4.69) is 10.3 Å². The van der Waals surface area contributed by atoms with Crippen LogP contribution >= 0.6 is 0 Å². The first-order chi connectivity index (χ1) is 7.54. The lowest BCUT2D eigenvalue weighted by atomic mass is 10.1. The third-order valence-electron chi connectivity index (χ3n) is 2.36. The summed E-state index contributed by atoms with van der Waals surface area (Å²) in [6.45, 7) is 6.52. The Bertz CT molecular complexity index is 386. The standard InChI is InChI=1S/C11H20N4O/c1-4-15-6-5-13-10(11(15)16)14-9(3)7-8(2)12/h5-6,8-9H,4,7,12H2,1-3H3,(H,13,14). The zero-order chi connectivity index (χ0) is 12.1. The predicted molar refractivity (Wildman–Crippen MR) is 65.5 cm³/mol. The van der Waals surface area contributed by atoms with Crippen LogP contribution in [0.3, 0.4) is 0 Å². The van der Waals surface area contributed by atoms with Crippen LogP contribution in [0.15, 0.2) is 17.2 Å². The molecule has 2 unspecified atom stereocenters. The van der Waals surface area contributed by atoms with E-state index in [4.69, 9.17) is 5.73 Å². The zero-order valence-corrected chi connectivity index (χ0v) is 10.1. The second-order valence-electron chi connectivity index (χ2n) is 4.13. The molecule has 0 bridgehead atoms. The zero-order valence-electron chi connectivity index (χ0n) is 10.1. The van der Waals surface area contributed by atoms with Gasteiger partial charge in [-0.25, -0.2) is 4.98 Å². The quantitative estimate of drug-likeness (QED) is 0.776. The van der Waals surface area contributed by atoms with Gasteiger partial charge in [-0.3, -0.25) is 4.79 Å². The molecule has 1 aromatic rings. The summed E-state index contributed by atoms with van der Waals surface area (Å²) in [4.78, 5) is 15.9. The molecule has 16 heavy (non-hydrogen) atoms. The average molecular weight is 224 g/mol. The van der Waals surface area contributed by atoms with Crippen molar-refractivity contribution >= 4 is 5.82 Å². The highest BCUT2D eigenvalue weighted by Gasteiger charge is 2.09. The van der Waals surface area contributed by atoms with Crippen molar-refractivity contribution in [2.75, 3.05) is 5.32 Å². The SMILES string of the molecule is CCn1ccnc(NC(C)CC(C)N)c1=O. The van der Waals surface area contributed by atoms with Crippen molar-refractivity contribution in [1.82, 2.24) is 9.55 Å². The van der Waals surface area contributed by atoms with E-state index in [0.717, 1.165) is 6.42 Å². The van der Waals surface area contributed by atoms with Crippen molar-refractivity contribution in [3.8, 4) is 0 Å². The smallest absolute Gasteiger partial charge is 0.293 e. The van der Waals surface area contributed by atoms with E-state index < -0.39 is 0 Å². The van der Waals surface area contributed by atoms with Gasteiger partial charge in [0.15, 0.2) is 5.82 Å². The van der Waals surface area contributed by atoms with E-state index in [1.54, 1.807) is 17.0 Å². The van der Waals surface area contributed by atoms with Crippen molar-refractivity contribution in [2.24, 2.45) is 5.73 Å². The van der Waals surface area contributed by atoms with Crippen LogP contribution in [0, 0.1) is 0 Å². The van der Waals surface area contributed by atoms with E-state index in [0.29, 0.717) is 12.4 Å². The predicted octanol–water partition coefficient (Wildman–Crippen LogP) is 0.801. The molecule has 0 aliphatic rings. The van der Waals surface area contributed by atoms with Gasteiger partial charge in [-0.1, -0.05) is 0 Å². The second-order valence-corrected chi connectivity index (χ2v) is 4.13. The number of hydrogen-bond donors (Lipinski definition) is 2. The van der Waals surface area contributed by atoms with Gasteiger partial charge < -0.3 is 15.6 Å². The number of nitrogens with zero attached hydrogens (tertiary/aromatic N) is 2. The molecule has 0 radical (unpaired) electrons. The Hall–Kier alpha value is -1.36. The number of aryl methyl sites for hydroxylation is 1. The van der Waals surface area contributed by atoms with Gasteiger partial charge >= 0.3 is 0 Å². The van der Waals surface area contributed by atoms with E-state index in [1.807, 2.05) is 20.8 Å². The minimum Gasteiger partial charge on any atom is -0.363 e. The second kappa shape index (κ2) is 5.65. The molecule has 0 aliphatic heterocycles. The molecule has 5 heteroatoms. The van der Waals surface area contributed by atoms with E-state index in [1.165, 1.54) is 0 Å². The van der Waals surface area contributed by atoms with Crippen molar-refractivity contribution in [3.05, 3.63) is 22.7 Å². The maximum absolute atomic E-state index is 11.8. The Morgan fingerprint density at radius 1 is 1.56 bits per heavy atom. The fourth-order valence-electron chi connectivity index (χ4n) is 1.65. The molecular weight excluding hydrogens is 204 g/mol. The number of aromatic nitrogens is 2. The van der Waals surface area contributed by atoms with E-state index in [9.17, 15) is 4.79 Å². The molecule has 0 saturated heterocycles.